The number of nitrogens with zero attached hydrogens (tertiary/aromatic N) is 2. The third-order valence-corrected chi connectivity index (χ3v) is 5.17. The molecule has 1 aromatic carbocycles. The van der Waals surface area contributed by atoms with Crippen LogP contribution in [-0.4, -0.2) is 45.1 Å². The summed E-state index contributed by atoms with van der Waals surface area (Å²) < 4.78 is 35.7. The molecule has 0 radical (unpaired) electrons. The Morgan fingerprint density at radius 1 is 1.33 bits per heavy atom. The molecule has 0 aliphatic carbocycles. The minimum Gasteiger partial charge on any atom is -0.468 e. The third-order valence-electron chi connectivity index (χ3n) is 3.75. The van der Waals surface area contributed by atoms with Crippen LogP contribution in [-0.2, 0) is 14.6 Å². The van der Waals surface area contributed by atoms with E-state index in [2.05, 4.69) is 11.9 Å². The standard InChI is InChI=1S/C16H21ClN2O4S/c1-5-11(10-22-2)19-9-15(18-16(19)23-3)13-7-6-12(8-14(13)17)24(4,20)21/h6-9,11H,5,10H2,1-4H3. The van der Waals surface area contributed by atoms with Crippen LogP contribution in [0.25, 0.3) is 11.3 Å². The van der Waals surface area contributed by atoms with Gasteiger partial charge < -0.3 is 9.47 Å². The van der Waals surface area contributed by atoms with Crippen molar-refractivity contribution in [3.8, 4) is 17.3 Å². The highest BCUT2D eigenvalue weighted by molar-refractivity contribution is 7.90. The van der Waals surface area contributed by atoms with Crippen LogP contribution in [0.1, 0.15) is 19.4 Å². The molecule has 8 heteroatoms. The molecule has 0 fully saturated rings. The predicted octanol–water partition coefficient (Wildman–Crippen LogP) is 3.21. The minimum atomic E-state index is -3.31. The van der Waals surface area contributed by atoms with Gasteiger partial charge in [-0.05, 0) is 24.6 Å². The van der Waals surface area contributed by atoms with E-state index in [0.717, 1.165) is 12.7 Å². The fourth-order valence-electron chi connectivity index (χ4n) is 2.44. The summed E-state index contributed by atoms with van der Waals surface area (Å²) in [5.41, 5.74) is 1.26. The molecule has 1 atom stereocenters. The van der Waals surface area contributed by atoms with Crippen LogP contribution in [0.5, 0.6) is 6.01 Å². The van der Waals surface area contributed by atoms with Gasteiger partial charge in [-0.2, -0.15) is 4.98 Å². The van der Waals surface area contributed by atoms with Gasteiger partial charge in [-0.25, -0.2) is 8.42 Å². The van der Waals surface area contributed by atoms with Crippen LogP contribution in [0.4, 0.5) is 0 Å². The molecule has 1 aromatic heterocycles. The smallest absolute Gasteiger partial charge is 0.296 e. The number of hydrogen-bond acceptors (Lipinski definition) is 5. The molecule has 0 saturated heterocycles. The maximum Gasteiger partial charge on any atom is 0.296 e. The number of benzene rings is 1. The van der Waals surface area contributed by atoms with E-state index in [1.54, 1.807) is 20.3 Å². The zero-order chi connectivity index (χ0) is 17.9. The van der Waals surface area contributed by atoms with Crippen LogP contribution in [0.2, 0.25) is 5.02 Å². The second-order valence-electron chi connectivity index (χ2n) is 5.45. The molecule has 0 bridgehead atoms. The Hall–Kier alpha value is -1.57. The topological polar surface area (TPSA) is 70.4 Å². The van der Waals surface area contributed by atoms with Gasteiger partial charge in [0.2, 0.25) is 0 Å². The first kappa shape index (κ1) is 18.8. The molecular formula is C16H21ClN2O4S. The molecule has 0 aliphatic rings. The van der Waals surface area contributed by atoms with E-state index in [1.165, 1.54) is 12.1 Å². The fourth-order valence-corrected chi connectivity index (χ4v) is 3.43. The summed E-state index contributed by atoms with van der Waals surface area (Å²) >= 11 is 6.27. The summed E-state index contributed by atoms with van der Waals surface area (Å²) in [6, 6.07) is 5.15. The lowest BCUT2D eigenvalue weighted by molar-refractivity contribution is 0.147. The van der Waals surface area contributed by atoms with Gasteiger partial charge in [0.1, 0.15) is 0 Å². The maximum atomic E-state index is 11.6. The Bertz CT molecular complexity index is 817. The lowest BCUT2D eigenvalue weighted by Crippen LogP contribution is -2.14. The average molecular weight is 373 g/mol. The van der Waals surface area contributed by atoms with E-state index in [0.29, 0.717) is 28.9 Å². The maximum absolute atomic E-state index is 11.6. The number of methoxy groups -OCH3 is 2. The molecule has 0 N–H and O–H groups in total. The van der Waals surface area contributed by atoms with Gasteiger partial charge in [-0.3, -0.25) is 4.57 Å². The van der Waals surface area contributed by atoms with E-state index < -0.39 is 9.84 Å². The van der Waals surface area contributed by atoms with E-state index in [4.69, 9.17) is 21.1 Å². The highest BCUT2D eigenvalue weighted by Gasteiger charge is 2.19. The van der Waals surface area contributed by atoms with Gasteiger partial charge >= 0.3 is 0 Å². The van der Waals surface area contributed by atoms with E-state index >= 15 is 0 Å². The Morgan fingerprint density at radius 2 is 2.04 bits per heavy atom. The van der Waals surface area contributed by atoms with Gasteiger partial charge in [-0.1, -0.05) is 18.5 Å². The quantitative estimate of drug-likeness (QED) is 0.746. The molecule has 0 amide bonds. The summed E-state index contributed by atoms with van der Waals surface area (Å²) in [4.78, 5) is 4.63. The Labute approximate surface area is 147 Å². The Kier molecular flexibility index (Phi) is 5.90. The Morgan fingerprint density at radius 3 is 2.54 bits per heavy atom. The number of aromatic nitrogens is 2. The molecule has 0 spiro atoms. The van der Waals surface area contributed by atoms with E-state index in [1.807, 2.05) is 10.8 Å². The summed E-state index contributed by atoms with van der Waals surface area (Å²) in [6.07, 6.45) is 3.83. The fraction of sp³-hybridized carbons (Fsp3) is 0.438. The van der Waals surface area contributed by atoms with Crippen molar-refractivity contribution in [2.45, 2.75) is 24.3 Å². The van der Waals surface area contributed by atoms with Gasteiger partial charge in [-0.15, -0.1) is 0 Å². The molecule has 1 unspecified atom stereocenters. The van der Waals surface area contributed by atoms with E-state index in [-0.39, 0.29) is 10.9 Å². The highest BCUT2D eigenvalue weighted by Crippen LogP contribution is 2.32. The number of ether oxygens (including phenoxy) is 2. The number of rotatable bonds is 7. The van der Waals surface area contributed by atoms with Gasteiger partial charge in [0.25, 0.3) is 6.01 Å². The van der Waals surface area contributed by atoms with E-state index in [9.17, 15) is 8.42 Å². The third kappa shape index (κ3) is 3.91. The zero-order valence-electron chi connectivity index (χ0n) is 14.1. The van der Waals surface area contributed by atoms with Crippen LogP contribution < -0.4 is 4.74 Å². The molecule has 6 nitrogen and oxygen atoms in total. The van der Waals surface area contributed by atoms with Gasteiger partial charge in [0.05, 0.1) is 35.4 Å². The first-order valence-electron chi connectivity index (χ1n) is 7.43. The van der Waals surface area contributed by atoms with Crippen LogP contribution in [0.3, 0.4) is 0 Å². The molecule has 2 rings (SSSR count). The first-order chi connectivity index (χ1) is 11.3. The molecular weight excluding hydrogens is 352 g/mol. The molecule has 132 valence electrons. The van der Waals surface area contributed by atoms with Crippen molar-refractivity contribution in [1.29, 1.82) is 0 Å². The number of halogens is 1. The van der Waals surface area contributed by atoms with Crippen molar-refractivity contribution in [2.24, 2.45) is 0 Å². The zero-order valence-corrected chi connectivity index (χ0v) is 15.7. The van der Waals surface area contributed by atoms with Gasteiger partial charge in [0.15, 0.2) is 9.84 Å². The van der Waals surface area contributed by atoms with Crippen molar-refractivity contribution in [2.75, 3.05) is 27.1 Å². The number of hydrogen-bond donors (Lipinski definition) is 0. The number of sulfone groups is 1. The SMILES string of the molecule is CCC(COC)n1cc(-c2ccc(S(C)(=O)=O)cc2Cl)nc1OC. The second kappa shape index (κ2) is 7.55. The van der Waals surface area contributed by atoms with Crippen molar-refractivity contribution in [1.82, 2.24) is 9.55 Å². The predicted molar refractivity (Wildman–Crippen MR) is 93.5 cm³/mol. The molecule has 24 heavy (non-hydrogen) atoms. The van der Waals surface area contributed by atoms with Crippen molar-refractivity contribution in [3.05, 3.63) is 29.4 Å². The average Bonchev–Trinajstić information content (AvgIpc) is 2.95. The van der Waals surface area contributed by atoms with Crippen LogP contribution in [0.15, 0.2) is 29.3 Å². The van der Waals surface area contributed by atoms with Crippen LogP contribution >= 0.6 is 11.6 Å². The Balaban J connectivity index is 2.48. The monoisotopic (exact) mass is 372 g/mol. The van der Waals surface area contributed by atoms with Crippen molar-refractivity contribution in [3.63, 3.8) is 0 Å². The lowest BCUT2D eigenvalue weighted by atomic mass is 10.1. The van der Waals surface area contributed by atoms with Gasteiger partial charge in [0, 0.05) is 25.1 Å². The molecule has 0 saturated carbocycles. The minimum absolute atomic E-state index is 0.0836. The highest BCUT2D eigenvalue weighted by atomic mass is 35.5. The molecule has 2 aromatic rings. The normalized spacial score (nSPS) is 13.0. The lowest BCUT2D eigenvalue weighted by Gasteiger charge is -2.17. The summed E-state index contributed by atoms with van der Waals surface area (Å²) in [5.74, 6) is 0. The largest absolute Gasteiger partial charge is 0.468 e. The molecule has 1 heterocycles. The summed E-state index contributed by atoms with van der Waals surface area (Å²) in [6.45, 7) is 2.58. The molecule has 0 aliphatic heterocycles. The van der Waals surface area contributed by atoms with Crippen molar-refractivity contribution >= 4 is 21.4 Å². The summed E-state index contributed by atoms with van der Waals surface area (Å²) in [5, 5.41) is 0.324. The summed E-state index contributed by atoms with van der Waals surface area (Å²) in [7, 11) is -0.109. The first-order valence-corrected chi connectivity index (χ1v) is 9.70. The number of imidazole rings is 1. The second-order valence-corrected chi connectivity index (χ2v) is 7.87. The van der Waals surface area contributed by atoms with Crippen molar-refractivity contribution < 1.29 is 17.9 Å². The van der Waals surface area contributed by atoms with Crippen LogP contribution in [0, 0.1) is 0 Å².